The van der Waals surface area contributed by atoms with Gasteiger partial charge in [-0.15, -0.1) is 0 Å². The Morgan fingerprint density at radius 1 is 1.42 bits per heavy atom. The second-order valence-corrected chi connectivity index (χ2v) is 4.22. The van der Waals surface area contributed by atoms with Crippen LogP contribution >= 0.6 is 0 Å². The van der Waals surface area contributed by atoms with Gasteiger partial charge < -0.3 is 15.0 Å². The fourth-order valence-electron chi connectivity index (χ4n) is 1.85. The third-order valence-electron chi connectivity index (χ3n) is 2.99. The summed E-state index contributed by atoms with van der Waals surface area (Å²) >= 11 is 0. The number of ether oxygens (including phenoxy) is 1. The van der Waals surface area contributed by atoms with E-state index in [0.29, 0.717) is 18.8 Å². The van der Waals surface area contributed by atoms with Crippen molar-refractivity contribution < 1.29 is 13.9 Å². The number of hydrogen-bond acceptors (Lipinski definition) is 3. The van der Waals surface area contributed by atoms with Gasteiger partial charge in [0.1, 0.15) is 17.6 Å². The molecule has 0 bridgehead atoms. The molecule has 0 heterocycles. The number of likely N-dealkylation sites (N-methyl/N-ethyl adjacent to an activating group) is 1. The number of rotatable bonds is 6. The Morgan fingerprint density at radius 2 is 2.05 bits per heavy atom. The number of nitrogens with one attached hydrogen (secondary N) is 1. The van der Waals surface area contributed by atoms with Crippen molar-refractivity contribution in [2.24, 2.45) is 0 Å². The highest BCUT2D eigenvalue weighted by Crippen LogP contribution is 2.22. The fraction of sp³-hybridized carbons (Fsp3) is 0.500. The van der Waals surface area contributed by atoms with Crippen LogP contribution in [0.2, 0.25) is 0 Å². The molecule has 0 aliphatic heterocycles. The van der Waals surface area contributed by atoms with E-state index in [1.807, 2.05) is 13.8 Å². The number of carbonyl (C=O) groups excluding carboxylic acids is 1. The van der Waals surface area contributed by atoms with E-state index in [2.05, 4.69) is 5.32 Å². The number of benzene rings is 1. The molecule has 1 aromatic carbocycles. The third kappa shape index (κ3) is 3.84. The monoisotopic (exact) mass is 268 g/mol. The Balaban J connectivity index is 2.81. The van der Waals surface area contributed by atoms with Crippen molar-refractivity contribution in [3.63, 3.8) is 0 Å². The molecule has 5 heteroatoms. The predicted octanol–water partition coefficient (Wildman–Crippen LogP) is 2.50. The summed E-state index contributed by atoms with van der Waals surface area (Å²) < 4.78 is 18.7. The molecule has 0 radical (unpaired) electrons. The SMILES string of the molecule is CCN(CC)C(=O)C(C)Nc1cc(OC)ccc1F. The van der Waals surface area contributed by atoms with Gasteiger partial charge in [-0.25, -0.2) is 4.39 Å². The van der Waals surface area contributed by atoms with Gasteiger partial charge in [-0.05, 0) is 32.9 Å². The van der Waals surface area contributed by atoms with Crippen LogP contribution in [0.15, 0.2) is 18.2 Å². The Hall–Kier alpha value is -1.78. The molecule has 0 saturated heterocycles. The van der Waals surface area contributed by atoms with E-state index >= 15 is 0 Å². The summed E-state index contributed by atoms with van der Waals surface area (Å²) in [7, 11) is 1.52. The predicted molar refractivity (Wildman–Crippen MR) is 74.0 cm³/mol. The molecule has 0 fully saturated rings. The van der Waals surface area contributed by atoms with Crippen LogP contribution in [0.3, 0.4) is 0 Å². The minimum Gasteiger partial charge on any atom is -0.497 e. The molecule has 1 rings (SSSR count). The zero-order valence-corrected chi connectivity index (χ0v) is 11.9. The van der Waals surface area contributed by atoms with Gasteiger partial charge in [0.15, 0.2) is 0 Å². The highest BCUT2D eigenvalue weighted by molar-refractivity contribution is 5.84. The second-order valence-electron chi connectivity index (χ2n) is 4.22. The number of hydrogen-bond donors (Lipinski definition) is 1. The van der Waals surface area contributed by atoms with E-state index < -0.39 is 11.9 Å². The summed E-state index contributed by atoms with van der Waals surface area (Å²) in [6, 6.07) is 3.91. The van der Waals surface area contributed by atoms with Crippen molar-refractivity contribution in [3.8, 4) is 5.75 Å². The molecule has 1 aromatic rings. The van der Waals surface area contributed by atoms with Gasteiger partial charge in [0.2, 0.25) is 5.91 Å². The van der Waals surface area contributed by atoms with Crippen LogP contribution in [-0.4, -0.2) is 37.0 Å². The molecule has 1 atom stereocenters. The lowest BCUT2D eigenvalue weighted by atomic mass is 10.2. The van der Waals surface area contributed by atoms with Gasteiger partial charge in [-0.1, -0.05) is 0 Å². The highest BCUT2D eigenvalue weighted by atomic mass is 19.1. The van der Waals surface area contributed by atoms with Crippen LogP contribution < -0.4 is 10.1 Å². The third-order valence-corrected chi connectivity index (χ3v) is 2.99. The maximum absolute atomic E-state index is 13.7. The van der Waals surface area contributed by atoms with Crippen LogP contribution in [0.5, 0.6) is 5.75 Å². The maximum atomic E-state index is 13.7. The molecular weight excluding hydrogens is 247 g/mol. The van der Waals surface area contributed by atoms with Crippen molar-refractivity contribution in [2.75, 3.05) is 25.5 Å². The van der Waals surface area contributed by atoms with E-state index in [-0.39, 0.29) is 11.6 Å². The largest absolute Gasteiger partial charge is 0.497 e. The number of methoxy groups -OCH3 is 1. The number of nitrogens with zero attached hydrogens (tertiary/aromatic N) is 1. The van der Waals surface area contributed by atoms with E-state index in [9.17, 15) is 9.18 Å². The molecule has 19 heavy (non-hydrogen) atoms. The summed E-state index contributed by atoms with van der Waals surface area (Å²) in [5, 5.41) is 2.89. The van der Waals surface area contributed by atoms with Crippen LogP contribution in [0.4, 0.5) is 10.1 Å². The Labute approximate surface area is 113 Å². The van der Waals surface area contributed by atoms with Gasteiger partial charge in [-0.3, -0.25) is 4.79 Å². The smallest absolute Gasteiger partial charge is 0.244 e. The normalized spacial score (nSPS) is 11.8. The van der Waals surface area contributed by atoms with Crippen LogP contribution in [-0.2, 0) is 4.79 Å². The van der Waals surface area contributed by atoms with E-state index in [1.54, 1.807) is 17.9 Å². The number of halogens is 1. The average molecular weight is 268 g/mol. The first-order valence-electron chi connectivity index (χ1n) is 6.42. The van der Waals surface area contributed by atoms with Gasteiger partial charge in [0.05, 0.1) is 12.8 Å². The second kappa shape index (κ2) is 6.97. The van der Waals surface area contributed by atoms with Gasteiger partial charge >= 0.3 is 0 Å². The van der Waals surface area contributed by atoms with Crippen molar-refractivity contribution in [2.45, 2.75) is 26.8 Å². The molecule has 0 aliphatic rings. The van der Waals surface area contributed by atoms with E-state index in [4.69, 9.17) is 4.74 Å². The molecule has 106 valence electrons. The molecule has 1 unspecified atom stereocenters. The summed E-state index contributed by atoms with van der Waals surface area (Å²) in [5.41, 5.74) is 0.271. The molecule has 0 aliphatic carbocycles. The molecule has 0 saturated carbocycles. The lowest BCUT2D eigenvalue weighted by Crippen LogP contribution is -2.41. The number of amides is 1. The average Bonchev–Trinajstić information content (AvgIpc) is 2.42. The Kier molecular flexibility index (Phi) is 5.60. The van der Waals surface area contributed by atoms with Gasteiger partial charge in [0.25, 0.3) is 0 Å². The van der Waals surface area contributed by atoms with Crippen LogP contribution in [0.1, 0.15) is 20.8 Å². The van der Waals surface area contributed by atoms with Crippen molar-refractivity contribution in [3.05, 3.63) is 24.0 Å². The fourth-order valence-corrected chi connectivity index (χ4v) is 1.85. The minimum absolute atomic E-state index is 0.0489. The van der Waals surface area contributed by atoms with Gasteiger partial charge in [-0.2, -0.15) is 0 Å². The lowest BCUT2D eigenvalue weighted by molar-refractivity contribution is -0.131. The maximum Gasteiger partial charge on any atom is 0.244 e. The molecule has 0 spiro atoms. The zero-order valence-electron chi connectivity index (χ0n) is 11.9. The van der Waals surface area contributed by atoms with Crippen molar-refractivity contribution in [1.29, 1.82) is 0 Å². The van der Waals surface area contributed by atoms with Crippen LogP contribution in [0.25, 0.3) is 0 Å². The first-order valence-corrected chi connectivity index (χ1v) is 6.42. The topological polar surface area (TPSA) is 41.6 Å². The van der Waals surface area contributed by atoms with E-state index in [0.717, 1.165) is 0 Å². The van der Waals surface area contributed by atoms with Crippen LogP contribution in [0, 0.1) is 5.82 Å². The van der Waals surface area contributed by atoms with Crippen molar-refractivity contribution in [1.82, 2.24) is 4.90 Å². The molecule has 4 nitrogen and oxygen atoms in total. The minimum atomic E-state index is -0.485. The zero-order chi connectivity index (χ0) is 14.4. The Bertz CT molecular complexity index is 433. The summed E-state index contributed by atoms with van der Waals surface area (Å²) in [4.78, 5) is 13.8. The molecule has 1 N–H and O–H groups in total. The molecule has 1 amide bonds. The number of anilines is 1. The first kappa shape index (κ1) is 15.3. The quantitative estimate of drug-likeness (QED) is 0.862. The first-order chi connectivity index (χ1) is 9.03. The Morgan fingerprint density at radius 3 is 2.58 bits per heavy atom. The summed E-state index contributed by atoms with van der Waals surface area (Å²) in [5.74, 6) is 0.0959. The molecule has 0 aromatic heterocycles. The number of carbonyl (C=O) groups is 1. The van der Waals surface area contributed by atoms with Gasteiger partial charge in [0, 0.05) is 19.2 Å². The van der Waals surface area contributed by atoms with Crippen molar-refractivity contribution >= 4 is 11.6 Å². The lowest BCUT2D eigenvalue weighted by Gasteiger charge is -2.24. The highest BCUT2D eigenvalue weighted by Gasteiger charge is 2.19. The summed E-state index contributed by atoms with van der Waals surface area (Å²) in [6.45, 7) is 6.84. The molecular formula is C14H21FN2O2. The summed E-state index contributed by atoms with van der Waals surface area (Å²) in [6.07, 6.45) is 0. The van der Waals surface area contributed by atoms with E-state index in [1.165, 1.54) is 19.2 Å². The standard InChI is InChI=1S/C14H21FN2O2/c1-5-17(6-2)14(18)10(3)16-13-9-11(19-4)7-8-12(13)15/h7-10,16H,5-6H2,1-4H3.